The second-order valence-electron chi connectivity index (χ2n) is 9.67. The third-order valence-corrected chi connectivity index (χ3v) is 8.12. The molecule has 5 rings (SSSR count). The SMILES string of the molecule is CN(CCN1CCOCC1)c1nc(O)c(C(Cc2ccc(C(F)(F)F)cc2C(F)(F)F)=c2ccc3c(c2)C=NN=3)s1. The molecule has 1 fully saturated rings. The fourth-order valence-electron chi connectivity index (χ4n) is 4.64. The van der Waals surface area contributed by atoms with Crippen molar-refractivity contribution >= 4 is 28.3 Å². The van der Waals surface area contributed by atoms with Gasteiger partial charge in [0.1, 0.15) is 0 Å². The lowest BCUT2D eigenvalue weighted by atomic mass is 9.94. The van der Waals surface area contributed by atoms with Gasteiger partial charge in [-0.15, -0.1) is 0 Å². The highest BCUT2D eigenvalue weighted by Gasteiger charge is 2.38. The summed E-state index contributed by atoms with van der Waals surface area (Å²) in [5.74, 6) is -0.377. The molecule has 0 spiro atoms. The predicted octanol–water partition coefficient (Wildman–Crippen LogP) is 4.06. The maximum Gasteiger partial charge on any atom is 0.416 e. The quantitative estimate of drug-likeness (QED) is 0.416. The summed E-state index contributed by atoms with van der Waals surface area (Å²) in [4.78, 5) is 8.56. The molecule has 2 aromatic carbocycles. The fraction of sp³-hybridized carbons (Fsp3) is 0.370. The minimum Gasteiger partial charge on any atom is -0.492 e. The van der Waals surface area contributed by atoms with Crippen LogP contribution >= 0.6 is 11.3 Å². The molecule has 1 N–H and O–H groups in total. The molecule has 0 bridgehead atoms. The molecule has 3 aromatic rings. The highest BCUT2D eigenvalue weighted by atomic mass is 32.1. The molecule has 1 saturated heterocycles. The number of ether oxygens (including phenoxy) is 1. The number of hydrogen-bond acceptors (Lipinski definition) is 8. The summed E-state index contributed by atoms with van der Waals surface area (Å²) in [6, 6.07) is 6.53. The summed E-state index contributed by atoms with van der Waals surface area (Å²) in [5, 5.41) is 20.2. The topological polar surface area (TPSA) is 73.5 Å². The average molecular weight is 598 g/mol. The molecule has 0 unspecified atom stereocenters. The zero-order chi connectivity index (χ0) is 29.4. The molecule has 0 radical (unpaired) electrons. The standard InChI is InChI=1S/C27H25F6N5O2S/c1-37(6-7-38-8-10-40-11-9-38)25-35-24(39)23(41-25)20(16-3-5-22-18(12-16)15-34-36-22)13-17-2-4-19(26(28,29)30)14-21(17)27(31,32)33/h2-5,12,14-15,39H,6-11,13H2,1H3. The maximum atomic E-state index is 14.0. The summed E-state index contributed by atoms with van der Waals surface area (Å²) < 4.78 is 87.2. The van der Waals surface area contributed by atoms with Gasteiger partial charge in [-0.05, 0) is 40.6 Å². The first kappa shape index (κ1) is 29.0. The smallest absolute Gasteiger partial charge is 0.416 e. The summed E-state index contributed by atoms with van der Waals surface area (Å²) >= 11 is 1.10. The van der Waals surface area contributed by atoms with Gasteiger partial charge in [0.2, 0.25) is 5.88 Å². The molecule has 0 amide bonds. The minimum absolute atomic E-state index is 0.124. The Balaban J connectivity index is 1.56. The van der Waals surface area contributed by atoms with Crippen LogP contribution < -0.4 is 15.5 Å². The lowest BCUT2D eigenvalue weighted by Crippen LogP contribution is -2.40. The van der Waals surface area contributed by atoms with Crippen LogP contribution in [0.2, 0.25) is 0 Å². The van der Waals surface area contributed by atoms with Crippen LogP contribution in [0.5, 0.6) is 5.88 Å². The predicted molar refractivity (Wildman–Crippen MR) is 142 cm³/mol. The Labute approximate surface area is 234 Å². The molecule has 0 atom stereocenters. The van der Waals surface area contributed by atoms with Crippen molar-refractivity contribution in [2.45, 2.75) is 18.8 Å². The summed E-state index contributed by atoms with van der Waals surface area (Å²) in [7, 11) is 1.80. The van der Waals surface area contributed by atoms with Crippen molar-refractivity contribution in [3.05, 3.63) is 74.1 Å². The number of benzene rings is 2. The monoisotopic (exact) mass is 597 g/mol. The number of morpholine rings is 1. The van der Waals surface area contributed by atoms with Crippen LogP contribution in [0.1, 0.15) is 27.1 Å². The second kappa shape index (κ2) is 11.4. The van der Waals surface area contributed by atoms with Crippen molar-refractivity contribution in [3.63, 3.8) is 0 Å². The van der Waals surface area contributed by atoms with E-state index in [1.807, 2.05) is 4.90 Å². The molecule has 0 aliphatic carbocycles. The van der Waals surface area contributed by atoms with Crippen LogP contribution in [0.3, 0.4) is 0 Å². The van der Waals surface area contributed by atoms with E-state index < -0.39 is 29.9 Å². The van der Waals surface area contributed by atoms with E-state index in [-0.39, 0.29) is 28.0 Å². The minimum atomic E-state index is -5.04. The highest BCUT2D eigenvalue weighted by molar-refractivity contribution is 7.17. The summed E-state index contributed by atoms with van der Waals surface area (Å²) in [6.45, 7) is 4.18. The number of fused-ring (bicyclic) bond motifs is 1. The third-order valence-electron chi connectivity index (χ3n) is 6.90. The van der Waals surface area contributed by atoms with E-state index in [0.717, 1.165) is 37.0 Å². The maximum absolute atomic E-state index is 14.0. The number of rotatable bonds is 7. The number of anilines is 1. The molecule has 0 saturated carbocycles. The van der Waals surface area contributed by atoms with E-state index in [0.29, 0.717) is 47.1 Å². The van der Waals surface area contributed by atoms with E-state index in [9.17, 15) is 31.4 Å². The van der Waals surface area contributed by atoms with Crippen LogP contribution in [0.15, 0.2) is 46.6 Å². The van der Waals surface area contributed by atoms with E-state index >= 15 is 0 Å². The van der Waals surface area contributed by atoms with E-state index in [1.165, 1.54) is 6.21 Å². The van der Waals surface area contributed by atoms with Crippen molar-refractivity contribution in [2.75, 3.05) is 51.3 Å². The summed E-state index contributed by atoms with van der Waals surface area (Å²) in [5.41, 5.74) is -2.25. The van der Waals surface area contributed by atoms with Crippen molar-refractivity contribution in [1.29, 1.82) is 0 Å². The van der Waals surface area contributed by atoms with Crippen LogP contribution in [-0.2, 0) is 23.5 Å². The van der Waals surface area contributed by atoms with Gasteiger partial charge in [-0.25, -0.2) is 0 Å². The number of likely N-dealkylation sites (N-methyl/N-ethyl adjacent to an activating group) is 1. The molecule has 2 aliphatic heterocycles. The number of aromatic nitrogens is 1. The number of halogens is 6. The lowest BCUT2D eigenvalue weighted by Gasteiger charge is -2.28. The van der Waals surface area contributed by atoms with Gasteiger partial charge in [-0.1, -0.05) is 23.5 Å². The van der Waals surface area contributed by atoms with E-state index in [4.69, 9.17) is 4.74 Å². The number of hydrogen-bond donors (Lipinski definition) is 1. The van der Waals surface area contributed by atoms with Crippen LogP contribution in [-0.4, -0.2) is 67.6 Å². The van der Waals surface area contributed by atoms with Crippen molar-refractivity contribution in [2.24, 2.45) is 10.2 Å². The van der Waals surface area contributed by atoms with Crippen molar-refractivity contribution in [1.82, 2.24) is 9.88 Å². The number of nitrogens with zero attached hydrogens (tertiary/aromatic N) is 5. The third kappa shape index (κ3) is 6.54. The molecular weight excluding hydrogens is 572 g/mol. The first-order chi connectivity index (χ1) is 19.4. The van der Waals surface area contributed by atoms with Crippen molar-refractivity contribution < 1.29 is 36.2 Å². The van der Waals surface area contributed by atoms with Gasteiger partial charge in [0.05, 0.1) is 40.8 Å². The molecule has 14 heteroatoms. The van der Waals surface area contributed by atoms with E-state index in [1.54, 1.807) is 25.2 Å². The van der Waals surface area contributed by atoms with Gasteiger partial charge in [0, 0.05) is 45.2 Å². The summed E-state index contributed by atoms with van der Waals surface area (Å²) in [6.07, 6.45) is -8.89. The Morgan fingerprint density at radius 1 is 1.05 bits per heavy atom. The molecule has 3 heterocycles. The van der Waals surface area contributed by atoms with Crippen LogP contribution in [0.4, 0.5) is 31.5 Å². The zero-order valence-electron chi connectivity index (χ0n) is 21.8. The fourth-order valence-corrected chi connectivity index (χ4v) is 5.65. The molecule has 2 aliphatic rings. The number of alkyl halides is 6. The van der Waals surface area contributed by atoms with E-state index in [2.05, 4.69) is 20.1 Å². The number of aromatic hydroxyl groups is 1. The van der Waals surface area contributed by atoms with Gasteiger partial charge < -0.3 is 14.7 Å². The average Bonchev–Trinajstić information content (AvgIpc) is 3.56. The second-order valence-corrected chi connectivity index (χ2v) is 10.6. The number of thiazole rings is 1. The van der Waals surface area contributed by atoms with Gasteiger partial charge in [-0.2, -0.15) is 41.5 Å². The molecule has 7 nitrogen and oxygen atoms in total. The lowest BCUT2D eigenvalue weighted by molar-refractivity contribution is -0.143. The Hall–Kier alpha value is -3.49. The largest absolute Gasteiger partial charge is 0.492 e. The van der Waals surface area contributed by atoms with Gasteiger partial charge in [0.25, 0.3) is 0 Å². The van der Waals surface area contributed by atoms with Crippen LogP contribution in [0.25, 0.3) is 5.57 Å². The van der Waals surface area contributed by atoms with Gasteiger partial charge in [0.15, 0.2) is 5.13 Å². The Bertz CT molecular complexity index is 1580. The van der Waals surface area contributed by atoms with Gasteiger partial charge >= 0.3 is 12.4 Å². The first-order valence-electron chi connectivity index (χ1n) is 12.6. The zero-order valence-corrected chi connectivity index (χ0v) is 22.6. The molecule has 218 valence electrons. The molecule has 41 heavy (non-hydrogen) atoms. The Kier molecular flexibility index (Phi) is 8.08. The molecule has 1 aromatic heterocycles. The highest BCUT2D eigenvalue weighted by Crippen LogP contribution is 2.41. The van der Waals surface area contributed by atoms with Crippen molar-refractivity contribution in [3.8, 4) is 5.88 Å². The first-order valence-corrected chi connectivity index (χ1v) is 13.4. The normalized spacial score (nSPS) is 16.5. The Morgan fingerprint density at radius 3 is 2.51 bits per heavy atom. The van der Waals surface area contributed by atoms with Crippen LogP contribution in [0, 0.1) is 0 Å². The molecular formula is C27H25F6N5O2S. The Morgan fingerprint density at radius 2 is 1.80 bits per heavy atom. The van der Waals surface area contributed by atoms with Gasteiger partial charge in [-0.3, -0.25) is 4.90 Å².